The number of hydrogen-bond acceptors (Lipinski definition) is 4. The average molecular weight is 188 g/mol. The van der Waals surface area contributed by atoms with Gasteiger partial charge in [-0.05, 0) is 12.8 Å². The third-order valence-electron chi connectivity index (χ3n) is 2.23. The minimum atomic E-state index is -1.48. The number of methoxy groups -OCH3 is 1. The molecule has 1 rings (SSSR count). The highest BCUT2D eigenvalue weighted by Crippen LogP contribution is 2.30. The summed E-state index contributed by atoms with van der Waals surface area (Å²) in [6.07, 6.45) is 0.858. The second-order valence-corrected chi connectivity index (χ2v) is 3.03. The molecule has 0 aromatic rings. The average Bonchev–Trinajstić information content (AvgIpc) is 2.17. The standard InChI is InChI=1S/C8H12O5/c1-12-7(11)8(6(9)10)3-2-4-13-5-8/h2-5H2,1H3,(H,9,10). The Morgan fingerprint density at radius 2 is 2.23 bits per heavy atom. The van der Waals surface area contributed by atoms with Crippen molar-refractivity contribution in [2.45, 2.75) is 12.8 Å². The Morgan fingerprint density at radius 3 is 2.62 bits per heavy atom. The lowest BCUT2D eigenvalue weighted by Gasteiger charge is -2.29. The lowest BCUT2D eigenvalue weighted by atomic mass is 9.83. The van der Waals surface area contributed by atoms with Gasteiger partial charge >= 0.3 is 11.9 Å². The van der Waals surface area contributed by atoms with Crippen molar-refractivity contribution < 1.29 is 24.2 Å². The summed E-state index contributed by atoms with van der Waals surface area (Å²) in [5.41, 5.74) is -1.48. The van der Waals surface area contributed by atoms with Gasteiger partial charge in [0.25, 0.3) is 0 Å². The number of carboxylic acid groups (broad SMARTS) is 1. The number of esters is 1. The predicted molar refractivity (Wildman–Crippen MR) is 42.1 cm³/mol. The van der Waals surface area contributed by atoms with Gasteiger partial charge in [-0.3, -0.25) is 9.59 Å². The van der Waals surface area contributed by atoms with Gasteiger partial charge in [-0.1, -0.05) is 0 Å². The van der Waals surface area contributed by atoms with E-state index in [0.717, 1.165) is 0 Å². The first-order valence-electron chi connectivity index (χ1n) is 4.03. The lowest BCUT2D eigenvalue weighted by molar-refractivity contribution is -0.176. The Balaban J connectivity index is 2.85. The molecule has 0 aromatic carbocycles. The van der Waals surface area contributed by atoms with Crippen LogP contribution in [0, 0.1) is 5.41 Å². The first kappa shape index (κ1) is 9.98. The topological polar surface area (TPSA) is 72.8 Å². The Labute approximate surface area is 75.6 Å². The molecule has 0 bridgehead atoms. The molecule has 0 radical (unpaired) electrons. The van der Waals surface area contributed by atoms with Crippen LogP contribution in [-0.2, 0) is 19.1 Å². The Morgan fingerprint density at radius 1 is 1.54 bits per heavy atom. The smallest absolute Gasteiger partial charge is 0.325 e. The maximum Gasteiger partial charge on any atom is 0.325 e. The van der Waals surface area contributed by atoms with Crippen LogP contribution in [0.15, 0.2) is 0 Å². The molecule has 0 aliphatic carbocycles. The molecule has 1 fully saturated rings. The first-order valence-corrected chi connectivity index (χ1v) is 4.03. The second-order valence-electron chi connectivity index (χ2n) is 3.03. The monoisotopic (exact) mass is 188 g/mol. The van der Waals surface area contributed by atoms with Gasteiger partial charge in [-0.25, -0.2) is 0 Å². The summed E-state index contributed by atoms with van der Waals surface area (Å²) in [6, 6.07) is 0. The summed E-state index contributed by atoms with van der Waals surface area (Å²) in [4.78, 5) is 22.1. The highest BCUT2D eigenvalue weighted by Gasteiger charge is 2.49. The van der Waals surface area contributed by atoms with Crippen LogP contribution >= 0.6 is 0 Å². The van der Waals surface area contributed by atoms with Gasteiger partial charge in [-0.2, -0.15) is 0 Å². The quantitative estimate of drug-likeness (QED) is 0.489. The van der Waals surface area contributed by atoms with Crippen molar-refractivity contribution in [2.24, 2.45) is 5.41 Å². The van der Waals surface area contributed by atoms with Crippen LogP contribution in [0.4, 0.5) is 0 Å². The number of ether oxygens (including phenoxy) is 2. The normalized spacial score (nSPS) is 28.1. The molecule has 1 N–H and O–H groups in total. The third kappa shape index (κ3) is 1.65. The van der Waals surface area contributed by atoms with E-state index in [1.54, 1.807) is 0 Å². The van der Waals surface area contributed by atoms with E-state index in [2.05, 4.69) is 4.74 Å². The lowest BCUT2D eigenvalue weighted by Crippen LogP contribution is -2.46. The fourth-order valence-electron chi connectivity index (χ4n) is 1.41. The molecule has 5 heteroatoms. The molecule has 1 unspecified atom stereocenters. The van der Waals surface area contributed by atoms with Crippen LogP contribution in [-0.4, -0.2) is 37.4 Å². The van der Waals surface area contributed by atoms with E-state index in [1.165, 1.54) is 7.11 Å². The Bertz CT molecular complexity index is 217. The van der Waals surface area contributed by atoms with E-state index >= 15 is 0 Å². The minimum Gasteiger partial charge on any atom is -0.480 e. The van der Waals surface area contributed by atoms with Crippen LogP contribution in [0.25, 0.3) is 0 Å². The van der Waals surface area contributed by atoms with Crippen molar-refractivity contribution in [1.29, 1.82) is 0 Å². The molecule has 1 heterocycles. The SMILES string of the molecule is COC(=O)C1(C(=O)O)CCCOC1. The summed E-state index contributed by atoms with van der Waals surface area (Å²) in [5.74, 6) is -1.89. The minimum absolute atomic E-state index is 0.0883. The van der Waals surface area contributed by atoms with Crippen LogP contribution < -0.4 is 0 Å². The van der Waals surface area contributed by atoms with Crippen molar-refractivity contribution in [2.75, 3.05) is 20.3 Å². The van der Waals surface area contributed by atoms with Crippen LogP contribution in [0.1, 0.15) is 12.8 Å². The van der Waals surface area contributed by atoms with Crippen molar-refractivity contribution in [3.8, 4) is 0 Å². The zero-order valence-corrected chi connectivity index (χ0v) is 7.41. The molecule has 13 heavy (non-hydrogen) atoms. The summed E-state index contributed by atoms with van der Waals surface area (Å²) < 4.78 is 9.44. The fourth-order valence-corrected chi connectivity index (χ4v) is 1.41. The van der Waals surface area contributed by atoms with E-state index in [9.17, 15) is 9.59 Å². The highest BCUT2D eigenvalue weighted by atomic mass is 16.5. The molecule has 74 valence electrons. The molecular formula is C8H12O5. The molecule has 0 spiro atoms. The predicted octanol–water partition coefficient (Wildman–Crippen LogP) is 0.0408. The fraction of sp³-hybridized carbons (Fsp3) is 0.750. The molecular weight excluding hydrogens is 176 g/mol. The molecule has 1 aliphatic heterocycles. The molecule has 0 aromatic heterocycles. The van der Waals surface area contributed by atoms with Gasteiger partial charge in [0.1, 0.15) is 0 Å². The summed E-state index contributed by atoms with van der Waals surface area (Å²) >= 11 is 0. The number of aliphatic carboxylic acids is 1. The summed E-state index contributed by atoms with van der Waals surface area (Å²) in [6.45, 7) is 0.418. The number of hydrogen-bond donors (Lipinski definition) is 1. The highest BCUT2D eigenvalue weighted by molar-refractivity contribution is 5.99. The van der Waals surface area contributed by atoms with Gasteiger partial charge in [0.15, 0.2) is 5.41 Å². The molecule has 0 amide bonds. The van der Waals surface area contributed by atoms with Gasteiger partial charge < -0.3 is 14.6 Å². The van der Waals surface area contributed by atoms with Crippen molar-refractivity contribution >= 4 is 11.9 Å². The second kappa shape index (κ2) is 3.74. The number of carbonyl (C=O) groups excluding carboxylic acids is 1. The number of carbonyl (C=O) groups is 2. The maximum atomic E-state index is 11.2. The van der Waals surface area contributed by atoms with E-state index in [1.807, 2.05) is 0 Å². The van der Waals surface area contributed by atoms with Gasteiger partial charge in [0.2, 0.25) is 0 Å². The van der Waals surface area contributed by atoms with Crippen molar-refractivity contribution in [3.05, 3.63) is 0 Å². The molecule has 1 atom stereocenters. The number of carboxylic acids is 1. The molecule has 1 saturated heterocycles. The first-order chi connectivity index (χ1) is 6.13. The Kier molecular flexibility index (Phi) is 2.87. The number of rotatable bonds is 2. The van der Waals surface area contributed by atoms with Crippen LogP contribution in [0.3, 0.4) is 0 Å². The van der Waals surface area contributed by atoms with Gasteiger partial charge in [-0.15, -0.1) is 0 Å². The van der Waals surface area contributed by atoms with Gasteiger partial charge in [0, 0.05) is 6.61 Å². The summed E-state index contributed by atoms with van der Waals surface area (Å²) in [5, 5.41) is 8.91. The molecule has 5 nitrogen and oxygen atoms in total. The molecule has 1 aliphatic rings. The zero-order chi connectivity index (χ0) is 9.90. The van der Waals surface area contributed by atoms with Crippen molar-refractivity contribution in [1.82, 2.24) is 0 Å². The third-order valence-corrected chi connectivity index (χ3v) is 2.23. The van der Waals surface area contributed by atoms with E-state index in [-0.39, 0.29) is 13.0 Å². The van der Waals surface area contributed by atoms with Crippen LogP contribution in [0.2, 0.25) is 0 Å². The van der Waals surface area contributed by atoms with Crippen molar-refractivity contribution in [3.63, 3.8) is 0 Å². The maximum absolute atomic E-state index is 11.2. The van der Waals surface area contributed by atoms with E-state index in [4.69, 9.17) is 9.84 Å². The molecule has 0 saturated carbocycles. The van der Waals surface area contributed by atoms with E-state index in [0.29, 0.717) is 13.0 Å². The Hall–Kier alpha value is -1.10. The zero-order valence-electron chi connectivity index (χ0n) is 7.41. The van der Waals surface area contributed by atoms with Crippen LogP contribution in [0.5, 0.6) is 0 Å². The largest absolute Gasteiger partial charge is 0.480 e. The van der Waals surface area contributed by atoms with Gasteiger partial charge in [0.05, 0.1) is 13.7 Å². The summed E-state index contributed by atoms with van der Waals surface area (Å²) in [7, 11) is 1.18. The van der Waals surface area contributed by atoms with E-state index < -0.39 is 17.4 Å².